The fraction of sp³-hybridized carbons (Fsp3) is 0.481. The van der Waals surface area contributed by atoms with Crippen molar-refractivity contribution in [2.45, 2.75) is 37.2 Å². The Morgan fingerprint density at radius 3 is 1.95 bits per heavy atom. The molecule has 0 aromatic heterocycles. The zero-order chi connectivity index (χ0) is 29.4. The third-order valence-electron chi connectivity index (χ3n) is 7.52. The third-order valence-corrected chi connectivity index (χ3v) is 7.52. The molecule has 40 heavy (non-hydrogen) atoms. The highest BCUT2D eigenvalue weighted by Crippen LogP contribution is 2.39. The van der Waals surface area contributed by atoms with E-state index >= 15 is 0 Å². The molecule has 2 aromatic rings. The van der Waals surface area contributed by atoms with E-state index in [1.165, 1.54) is 36.2 Å². The van der Waals surface area contributed by atoms with Gasteiger partial charge in [0.25, 0.3) is 0 Å². The Bertz CT molecular complexity index is 1200. The van der Waals surface area contributed by atoms with Gasteiger partial charge in [0, 0.05) is 57.9 Å². The summed E-state index contributed by atoms with van der Waals surface area (Å²) in [6.45, 7) is 1.17. The van der Waals surface area contributed by atoms with Crippen molar-refractivity contribution in [2.75, 3.05) is 45.3 Å². The van der Waals surface area contributed by atoms with Gasteiger partial charge in [0.05, 0.1) is 17.2 Å². The van der Waals surface area contributed by atoms with Crippen LogP contribution in [0.15, 0.2) is 42.5 Å². The summed E-state index contributed by atoms with van der Waals surface area (Å²) in [5.74, 6) is -1.35. The van der Waals surface area contributed by atoms with Crippen LogP contribution in [0.2, 0.25) is 0 Å². The van der Waals surface area contributed by atoms with Crippen molar-refractivity contribution in [1.29, 1.82) is 0 Å². The molecule has 0 unspecified atom stereocenters. The molecule has 218 valence electrons. The number of carbonyl (C=O) groups excluding carboxylic acids is 2. The first-order valence-electron chi connectivity index (χ1n) is 12.6. The summed E-state index contributed by atoms with van der Waals surface area (Å²) in [4.78, 5) is 30.3. The van der Waals surface area contributed by atoms with E-state index in [1.54, 1.807) is 4.90 Å². The second kappa shape index (κ2) is 11.3. The van der Waals surface area contributed by atoms with E-state index in [1.807, 2.05) is 0 Å². The molecular formula is C27H28F7N3O3. The lowest BCUT2D eigenvalue weighted by Crippen LogP contribution is -2.48. The lowest BCUT2D eigenvalue weighted by Gasteiger charge is -2.33. The van der Waals surface area contributed by atoms with Gasteiger partial charge in [-0.15, -0.1) is 0 Å². The number of alkyl halides is 6. The van der Waals surface area contributed by atoms with E-state index in [4.69, 9.17) is 4.74 Å². The highest BCUT2D eigenvalue weighted by Gasteiger charge is 2.43. The van der Waals surface area contributed by atoms with Gasteiger partial charge in [-0.05, 0) is 48.7 Å². The van der Waals surface area contributed by atoms with Gasteiger partial charge in [-0.2, -0.15) is 26.3 Å². The third kappa shape index (κ3) is 6.34. The Labute approximate surface area is 226 Å². The summed E-state index contributed by atoms with van der Waals surface area (Å²) in [5, 5.41) is 0. The molecule has 0 bridgehead atoms. The van der Waals surface area contributed by atoms with Crippen molar-refractivity contribution in [3.8, 4) is 0 Å². The van der Waals surface area contributed by atoms with Crippen molar-refractivity contribution in [3.63, 3.8) is 0 Å². The maximum Gasteiger partial charge on any atom is 0.416 e. The molecule has 13 heteroatoms. The van der Waals surface area contributed by atoms with Gasteiger partial charge in [0.1, 0.15) is 5.82 Å². The number of nitrogens with zero attached hydrogens (tertiary/aromatic N) is 3. The van der Waals surface area contributed by atoms with Crippen molar-refractivity contribution >= 4 is 17.6 Å². The fourth-order valence-electron chi connectivity index (χ4n) is 5.22. The van der Waals surface area contributed by atoms with Gasteiger partial charge >= 0.3 is 18.4 Å². The lowest BCUT2D eigenvalue weighted by atomic mass is 9.93. The number of amides is 3. The number of hydrogen-bond donors (Lipinski definition) is 0. The minimum atomic E-state index is -5.07. The van der Waals surface area contributed by atoms with Crippen LogP contribution < -0.4 is 4.90 Å². The summed E-state index contributed by atoms with van der Waals surface area (Å²) >= 11 is 0. The second-order valence-corrected chi connectivity index (χ2v) is 10.1. The Morgan fingerprint density at radius 2 is 1.43 bits per heavy atom. The normalized spacial score (nSPS) is 20.5. The highest BCUT2D eigenvalue weighted by molar-refractivity contribution is 5.92. The van der Waals surface area contributed by atoms with E-state index in [2.05, 4.69) is 0 Å². The minimum absolute atomic E-state index is 0.00709. The zero-order valence-corrected chi connectivity index (χ0v) is 21.7. The van der Waals surface area contributed by atoms with Crippen LogP contribution in [0, 0.1) is 11.7 Å². The maximum absolute atomic E-state index is 13.6. The fourth-order valence-corrected chi connectivity index (χ4v) is 5.22. The molecule has 0 N–H and O–H groups in total. The van der Waals surface area contributed by atoms with Crippen LogP contribution in [0.25, 0.3) is 0 Å². The van der Waals surface area contributed by atoms with Gasteiger partial charge in [0.15, 0.2) is 0 Å². The number of urea groups is 1. The largest absolute Gasteiger partial charge is 0.416 e. The quantitative estimate of drug-likeness (QED) is 0.435. The molecule has 3 amide bonds. The van der Waals surface area contributed by atoms with Crippen LogP contribution in [-0.4, -0.2) is 68.2 Å². The van der Waals surface area contributed by atoms with Crippen molar-refractivity contribution < 1.29 is 45.1 Å². The average molecular weight is 576 g/mol. The minimum Gasteiger partial charge on any atom is -0.381 e. The predicted molar refractivity (Wildman–Crippen MR) is 131 cm³/mol. The van der Waals surface area contributed by atoms with Crippen molar-refractivity contribution in [3.05, 3.63) is 65.0 Å². The Morgan fingerprint density at radius 1 is 0.875 bits per heavy atom. The van der Waals surface area contributed by atoms with Crippen LogP contribution in [0.4, 0.5) is 41.2 Å². The summed E-state index contributed by atoms with van der Waals surface area (Å²) in [7, 11) is 2.46. The maximum atomic E-state index is 13.6. The van der Waals surface area contributed by atoms with E-state index in [-0.39, 0.29) is 31.0 Å². The molecule has 2 fully saturated rings. The van der Waals surface area contributed by atoms with Crippen LogP contribution in [-0.2, 0) is 21.9 Å². The molecule has 2 heterocycles. The summed E-state index contributed by atoms with van der Waals surface area (Å²) in [6.07, 6.45) is -9.07. The standard InChI is InChI=1S/C27H28F7N3O3/c1-35(21-12-18(26(29,30)31)11-19(13-21)27(32,33)34)25(39)36(2)23-15-37(24(38)17-7-9-40-10-8-17)14-22(23)16-3-5-20(28)6-4-16/h3-6,11-13,17,22-23H,7-10,14-15H2,1-2H3/t22-,23+/m0/s1. The lowest BCUT2D eigenvalue weighted by molar-refractivity contribution is -0.143. The number of benzene rings is 2. The number of rotatable bonds is 4. The molecule has 0 radical (unpaired) electrons. The summed E-state index contributed by atoms with van der Waals surface area (Å²) in [5.41, 5.74) is -3.05. The first kappa shape index (κ1) is 29.6. The molecular weight excluding hydrogens is 547 g/mol. The van der Waals surface area contributed by atoms with Crippen LogP contribution in [0.1, 0.15) is 35.4 Å². The molecule has 2 atom stereocenters. The molecule has 0 aliphatic carbocycles. The van der Waals surface area contributed by atoms with E-state index in [0.717, 1.165) is 11.9 Å². The number of ether oxygens (including phenoxy) is 1. The predicted octanol–water partition coefficient (Wildman–Crippen LogP) is 5.77. The number of carbonyl (C=O) groups is 2. The molecule has 0 saturated carbocycles. The number of anilines is 1. The van der Waals surface area contributed by atoms with Gasteiger partial charge in [-0.3, -0.25) is 9.69 Å². The summed E-state index contributed by atoms with van der Waals surface area (Å²) < 4.78 is 99.3. The van der Waals surface area contributed by atoms with Gasteiger partial charge < -0.3 is 14.5 Å². The first-order chi connectivity index (χ1) is 18.7. The van der Waals surface area contributed by atoms with Crippen LogP contribution >= 0.6 is 0 Å². The first-order valence-corrected chi connectivity index (χ1v) is 12.6. The second-order valence-electron chi connectivity index (χ2n) is 10.1. The molecule has 4 rings (SSSR count). The molecule has 0 spiro atoms. The SMILES string of the molecule is CN(C(=O)N(C)[C@@H]1CN(C(=O)C2CCOCC2)C[C@H]1c1ccc(F)cc1)c1cc(C(F)(F)F)cc(C(F)(F)F)c1. The monoisotopic (exact) mass is 575 g/mol. The van der Waals surface area contributed by atoms with Gasteiger partial charge in [-0.25, -0.2) is 9.18 Å². The number of likely N-dealkylation sites (N-methyl/N-ethyl adjacent to an activating group) is 1. The average Bonchev–Trinajstić information content (AvgIpc) is 3.36. The number of hydrogen-bond acceptors (Lipinski definition) is 3. The van der Waals surface area contributed by atoms with Gasteiger partial charge in [-0.1, -0.05) is 12.1 Å². The molecule has 2 aliphatic rings. The van der Waals surface area contributed by atoms with Gasteiger partial charge in [0.2, 0.25) is 5.91 Å². The smallest absolute Gasteiger partial charge is 0.381 e. The molecule has 2 aliphatic heterocycles. The van der Waals surface area contributed by atoms with Crippen molar-refractivity contribution in [2.24, 2.45) is 5.92 Å². The molecule has 2 aromatic carbocycles. The molecule has 2 saturated heterocycles. The number of halogens is 7. The Kier molecular flexibility index (Phi) is 8.34. The van der Waals surface area contributed by atoms with Crippen LogP contribution in [0.3, 0.4) is 0 Å². The van der Waals surface area contributed by atoms with E-state index in [0.29, 0.717) is 43.8 Å². The molecule has 6 nitrogen and oxygen atoms in total. The highest BCUT2D eigenvalue weighted by atomic mass is 19.4. The topological polar surface area (TPSA) is 53.1 Å². The summed E-state index contributed by atoms with van der Waals surface area (Å²) in [6, 6.07) is 4.94. The van der Waals surface area contributed by atoms with E-state index in [9.17, 15) is 40.3 Å². The zero-order valence-electron chi connectivity index (χ0n) is 21.7. The van der Waals surface area contributed by atoms with Crippen molar-refractivity contribution in [1.82, 2.24) is 9.80 Å². The number of likely N-dealkylation sites (tertiary alicyclic amines) is 1. The van der Waals surface area contributed by atoms with E-state index < -0.39 is 53.0 Å². The Hall–Kier alpha value is -3.35. The van der Waals surface area contributed by atoms with Crippen LogP contribution in [0.5, 0.6) is 0 Å². The Balaban J connectivity index is 1.63.